The topological polar surface area (TPSA) is 26.0 Å². The number of benzene rings is 2. The Morgan fingerprint density at radius 3 is 2.06 bits per heavy atom. The molecule has 1 nitrogen and oxygen atoms in total. The first-order valence-corrected chi connectivity index (χ1v) is 5.55. The third-order valence-corrected chi connectivity index (χ3v) is 2.70. The van der Waals surface area contributed by atoms with Crippen LogP contribution in [0.3, 0.4) is 0 Å². The fourth-order valence-corrected chi connectivity index (χ4v) is 1.90. The summed E-state index contributed by atoms with van der Waals surface area (Å²) in [6.45, 7) is 0.333. The highest BCUT2D eigenvalue weighted by Crippen LogP contribution is 2.27. The fraction of sp³-hybridized carbons (Fsp3) is 0.143. The van der Waals surface area contributed by atoms with Crippen LogP contribution in [0, 0.1) is 17.5 Å². The molecule has 2 aromatic rings. The van der Waals surface area contributed by atoms with Gasteiger partial charge in [0.25, 0.3) is 0 Å². The summed E-state index contributed by atoms with van der Waals surface area (Å²) < 4.78 is 39.7. The van der Waals surface area contributed by atoms with Gasteiger partial charge < -0.3 is 5.73 Å². The lowest BCUT2D eigenvalue weighted by molar-refractivity contribution is 0.585. The van der Waals surface area contributed by atoms with Crippen LogP contribution in [0.4, 0.5) is 13.2 Å². The predicted molar refractivity (Wildman–Crippen MR) is 64.5 cm³/mol. The van der Waals surface area contributed by atoms with Crippen LogP contribution in [0.25, 0.3) is 11.1 Å². The summed E-state index contributed by atoms with van der Waals surface area (Å²) in [4.78, 5) is 0. The number of halogens is 3. The number of hydrogen-bond donors (Lipinski definition) is 1. The molecule has 2 N–H and O–H groups in total. The summed E-state index contributed by atoms with van der Waals surface area (Å²) >= 11 is 0. The highest BCUT2D eigenvalue weighted by Gasteiger charge is 2.11. The minimum Gasteiger partial charge on any atom is -0.330 e. The van der Waals surface area contributed by atoms with Crippen LogP contribution in [0.5, 0.6) is 0 Å². The average Bonchev–Trinajstić information content (AvgIpc) is 2.31. The molecule has 0 spiro atoms. The highest BCUT2D eigenvalue weighted by atomic mass is 19.1. The zero-order chi connectivity index (χ0) is 13.1. The molecule has 0 bridgehead atoms. The van der Waals surface area contributed by atoms with Gasteiger partial charge in [0.2, 0.25) is 0 Å². The molecule has 0 saturated carbocycles. The zero-order valence-electron chi connectivity index (χ0n) is 9.59. The van der Waals surface area contributed by atoms with E-state index in [4.69, 9.17) is 5.73 Å². The van der Waals surface area contributed by atoms with Crippen molar-refractivity contribution in [2.75, 3.05) is 6.54 Å². The lowest BCUT2D eigenvalue weighted by Crippen LogP contribution is -2.05. The van der Waals surface area contributed by atoms with E-state index in [1.807, 2.05) is 0 Å². The lowest BCUT2D eigenvalue weighted by atomic mass is 9.97. The van der Waals surface area contributed by atoms with E-state index in [0.717, 1.165) is 6.07 Å². The molecular weight excluding hydrogens is 239 g/mol. The third-order valence-electron chi connectivity index (χ3n) is 2.70. The third kappa shape index (κ3) is 2.54. The largest absolute Gasteiger partial charge is 0.330 e. The van der Waals surface area contributed by atoms with E-state index in [2.05, 4.69) is 0 Å². The van der Waals surface area contributed by atoms with Gasteiger partial charge in [-0.05, 0) is 48.4 Å². The Kier molecular flexibility index (Phi) is 3.67. The van der Waals surface area contributed by atoms with E-state index in [9.17, 15) is 13.2 Å². The van der Waals surface area contributed by atoms with Gasteiger partial charge in [-0.25, -0.2) is 13.2 Å². The first-order valence-electron chi connectivity index (χ1n) is 5.55. The zero-order valence-corrected chi connectivity index (χ0v) is 9.59. The molecule has 0 amide bonds. The standard InChI is InChI=1S/C14H12F3N/c15-10-1-3-12(9(7-10)5-6-18)13-4-2-11(16)8-14(13)17/h1-4,7-8H,5-6,18H2. The second-order valence-electron chi connectivity index (χ2n) is 3.96. The quantitative estimate of drug-likeness (QED) is 0.890. The van der Waals surface area contributed by atoms with Crippen LogP contribution in [-0.4, -0.2) is 6.54 Å². The van der Waals surface area contributed by atoms with Crippen LogP contribution in [0.15, 0.2) is 36.4 Å². The van der Waals surface area contributed by atoms with Crippen molar-refractivity contribution < 1.29 is 13.2 Å². The number of hydrogen-bond acceptors (Lipinski definition) is 1. The van der Waals surface area contributed by atoms with E-state index >= 15 is 0 Å². The molecule has 0 unspecified atom stereocenters. The van der Waals surface area contributed by atoms with E-state index < -0.39 is 17.5 Å². The van der Waals surface area contributed by atoms with Crippen LogP contribution in [0.2, 0.25) is 0 Å². The molecule has 18 heavy (non-hydrogen) atoms. The van der Waals surface area contributed by atoms with Crippen molar-refractivity contribution in [2.24, 2.45) is 5.73 Å². The van der Waals surface area contributed by atoms with Crippen molar-refractivity contribution in [3.05, 3.63) is 59.4 Å². The molecule has 0 radical (unpaired) electrons. The van der Waals surface area contributed by atoms with Crippen molar-refractivity contribution in [3.63, 3.8) is 0 Å². The van der Waals surface area contributed by atoms with Gasteiger partial charge >= 0.3 is 0 Å². The Labute approximate surface area is 103 Å². The minimum atomic E-state index is -0.667. The van der Waals surface area contributed by atoms with Crippen molar-refractivity contribution >= 4 is 0 Å². The van der Waals surface area contributed by atoms with Crippen LogP contribution < -0.4 is 5.73 Å². The van der Waals surface area contributed by atoms with Gasteiger partial charge in [0, 0.05) is 11.6 Å². The molecule has 0 saturated heterocycles. The Morgan fingerprint density at radius 2 is 1.44 bits per heavy atom. The summed E-state index contributed by atoms with van der Waals surface area (Å²) in [5.41, 5.74) is 6.85. The Balaban J connectivity index is 2.55. The maximum atomic E-state index is 13.7. The molecule has 94 valence electrons. The molecule has 0 aliphatic carbocycles. The lowest BCUT2D eigenvalue weighted by Gasteiger charge is -2.10. The first-order chi connectivity index (χ1) is 8.61. The van der Waals surface area contributed by atoms with Crippen LogP contribution in [0.1, 0.15) is 5.56 Å². The molecular formula is C14H12F3N. The van der Waals surface area contributed by atoms with Crippen LogP contribution >= 0.6 is 0 Å². The maximum Gasteiger partial charge on any atom is 0.133 e. The normalized spacial score (nSPS) is 10.7. The van der Waals surface area contributed by atoms with Crippen molar-refractivity contribution in [1.82, 2.24) is 0 Å². The molecule has 0 fully saturated rings. The fourth-order valence-electron chi connectivity index (χ4n) is 1.90. The summed E-state index contributed by atoms with van der Waals surface area (Å²) in [6.07, 6.45) is 0.434. The monoisotopic (exact) mass is 251 g/mol. The smallest absolute Gasteiger partial charge is 0.133 e. The second-order valence-corrected chi connectivity index (χ2v) is 3.96. The summed E-state index contributed by atoms with van der Waals surface area (Å²) in [7, 11) is 0. The van der Waals surface area contributed by atoms with Gasteiger partial charge in [-0.3, -0.25) is 0 Å². The number of rotatable bonds is 3. The Morgan fingerprint density at radius 1 is 0.833 bits per heavy atom. The van der Waals surface area contributed by atoms with Gasteiger partial charge in [0.1, 0.15) is 17.5 Å². The second kappa shape index (κ2) is 5.23. The molecule has 0 atom stereocenters. The number of nitrogens with two attached hydrogens (primary N) is 1. The van der Waals surface area contributed by atoms with Crippen molar-refractivity contribution in [1.29, 1.82) is 0 Å². The highest BCUT2D eigenvalue weighted by molar-refractivity contribution is 5.68. The summed E-state index contributed by atoms with van der Waals surface area (Å²) in [5, 5.41) is 0. The van der Waals surface area contributed by atoms with E-state index in [-0.39, 0.29) is 5.56 Å². The average molecular weight is 251 g/mol. The van der Waals surface area contributed by atoms with Gasteiger partial charge in [-0.1, -0.05) is 6.07 Å². The molecule has 0 heterocycles. The Hall–Kier alpha value is -1.81. The molecule has 4 heteroatoms. The summed E-state index contributed by atoms with van der Waals surface area (Å²) in [6, 6.07) is 7.39. The van der Waals surface area contributed by atoms with Gasteiger partial charge in [-0.15, -0.1) is 0 Å². The Bertz CT molecular complexity index is 567. The molecule has 0 aliphatic rings. The molecule has 0 aliphatic heterocycles. The van der Waals surface area contributed by atoms with Crippen LogP contribution in [-0.2, 0) is 6.42 Å². The van der Waals surface area contributed by atoms with Gasteiger partial charge in [0.15, 0.2) is 0 Å². The van der Waals surface area contributed by atoms with E-state index in [0.29, 0.717) is 24.1 Å². The molecule has 2 aromatic carbocycles. The maximum absolute atomic E-state index is 13.7. The minimum absolute atomic E-state index is 0.250. The van der Waals surface area contributed by atoms with Gasteiger partial charge in [-0.2, -0.15) is 0 Å². The van der Waals surface area contributed by atoms with E-state index in [1.54, 1.807) is 0 Å². The summed E-state index contributed by atoms with van der Waals surface area (Å²) in [5.74, 6) is -1.71. The van der Waals surface area contributed by atoms with E-state index in [1.165, 1.54) is 30.3 Å². The van der Waals surface area contributed by atoms with Gasteiger partial charge in [0.05, 0.1) is 0 Å². The van der Waals surface area contributed by atoms with Crippen molar-refractivity contribution in [3.8, 4) is 11.1 Å². The predicted octanol–water partition coefficient (Wildman–Crippen LogP) is 3.27. The SMILES string of the molecule is NCCc1cc(F)ccc1-c1ccc(F)cc1F. The molecule has 0 aromatic heterocycles. The molecule has 2 rings (SSSR count). The first kappa shape index (κ1) is 12.6. The van der Waals surface area contributed by atoms with Crippen molar-refractivity contribution in [2.45, 2.75) is 6.42 Å².